The Morgan fingerprint density at radius 1 is 1.26 bits per heavy atom. The summed E-state index contributed by atoms with van der Waals surface area (Å²) in [5, 5.41) is 3.23. The average Bonchev–Trinajstić information content (AvgIpc) is 2.63. The number of amides is 1. The highest BCUT2D eigenvalue weighted by Crippen LogP contribution is 2.37. The maximum Gasteiger partial charge on any atom is 0.225 e. The molecule has 4 nitrogen and oxygen atoms in total. The molecular weight excluding hydrogens is 240 g/mol. The zero-order valence-electron chi connectivity index (χ0n) is 13.1. The third kappa shape index (κ3) is 3.11. The minimum absolute atomic E-state index is 0.105. The van der Waals surface area contributed by atoms with Gasteiger partial charge in [-0.25, -0.2) is 0 Å². The Hall–Kier alpha value is -0.610. The normalized spacial score (nSPS) is 37.5. The number of rotatable bonds is 2. The van der Waals surface area contributed by atoms with Gasteiger partial charge in [0.2, 0.25) is 5.91 Å². The number of carbonyl (C=O) groups excluding carboxylic acids is 1. The van der Waals surface area contributed by atoms with Crippen molar-refractivity contribution >= 4 is 5.91 Å². The summed E-state index contributed by atoms with van der Waals surface area (Å²) in [6, 6.07) is 0.105. The molecule has 0 saturated carbocycles. The molecule has 2 aliphatic rings. The topological polar surface area (TPSA) is 41.6 Å². The van der Waals surface area contributed by atoms with Crippen LogP contribution in [-0.4, -0.2) is 48.2 Å². The van der Waals surface area contributed by atoms with E-state index < -0.39 is 0 Å². The van der Waals surface area contributed by atoms with Gasteiger partial charge in [-0.05, 0) is 47.1 Å². The summed E-state index contributed by atoms with van der Waals surface area (Å²) in [5.74, 6) is 0.740. The molecule has 2 rings (SSSR count). The molecule has 0 bridgehead atoms. The van der Waals surface area contributed by atoms with Crippen LogP contribution < -0.4 is 5.32 Å². The van der Waals surface area contributed by atoms with E-state index in [0.717, 1.165) is 19.5 Å². The van der Waals surface area contributed by atoms with Crippen LogP contribution in [-0.2, 0) is 9.53 Å². The molecule has 3 unspecified atom stereocenters. The fourth-order valence-corrected chi connectivity index (χ4v) is 3.62. The number of hydrogen-bond acceptors (Lipinski definition) is 3. The summed E-state index contributed by atoms with van der Waals surface area (Å²) in [5.41, 5.74) is -0.438. The minimum atomic E-state index is -0.285. The van der Waals surface area contributed by atoms with E-state index in [4.69, 9.17) is 4.74 Å². The van der Waals surface area contributed by atoms with Gasteiger partial charge < -0.3 is 15.0 Å². The molecule has 2 fully saturated rings. The zero-order chi connectivity index (χ0) is 14.4. The van der Waals surface area contributed by atoms with Gasteiger partial charge in [0, 0.05) is 13.1 Å². The molecule has 4 heteroatoms. The van der Waals surface area contributed by atoms with Gasteiger partial charge in [0.05, 0.1) is 23.2 Å². The van der Waals surface area contributed by atoms with Crippen LogP contribution in [0.5, 0.6) is 0 Å². The summed E-state index contributed by atoms with van der Waals surface area (Å²) in [4.78, 5) is 14.7. The SMILES string of the molecule is CC1CN(C)CC1C(=O)NC1CC(C)(C)OC1(C)C. The quantitative estimate of drug-likeness (QED) is 0.828. The van der Waals surface area contributed by atoms with Gasteiger partial charge in [-0.3, -0.25) is 4.79 Å². The van der Waals surface area contributed by atoms with Crippen molar-refractivity contribution in [3.63, 3.8) is 0 Å². The summed E-state index contributed by atoms with van der Waals surface area (Å²) < 4.78 is 6.04. The molecule has 19 heavy (non-hydrogen) atoms. The highest BCUT2D eigenvalue weighted by molar-refractivity contribution is 5.80. The summed E-state index contributed by atoms with van der Waals surface area (Å²) in [6.45, 7) is 12.3. The summed E-state index contributed by atoms with van der Waals surface area (Å²) in [6.07, 6.45) is 0.878. The Bertz CT molecular complexity index is 365. The van der Waals surface area contributed by atoms with E-state index in [-0.39, 0.29) is 29.1 Å². The van der Waals surface area contributed by atoms with E-state index in [9.17, 15) is 4.79 Å². The van der Waals surface area contributed by atoms with Gasteiger partial charge in [-0.15, -0.1) is 0 Å². The van der Waals surface area contributed by atoms with Crippen molar-refractivity contribution in [1.82, 2.24) is 10.2 Å². The first-order valence-electron chi connectivity index (χ1n) is 7.30. The van der Waals surface area contributed by atoms with Gasteiger partial charge in [0.15, 0.2) is 0 Å². The molecule has 0 radical (unpaired) electrons. The van der Waals surface area contributed by atoms with Crippen molar-refractivity contribution < 1.29 is 9.53 Å². The molecular formula is C15H28N2O2. The van der Waals surface area contributed by atoms with Gasteiger partial charge in [-0.2, -0.15) is 0 Å². The monoisotopic (exact) mass is 268 g/mol. The van der Waals surface area contributed by atoms with Crippen LogP contribution in [0.4, 0.5) is 0 Å². The Morgan fingerprint density at radius 3 is 2.32 bits per heavy atom. The van der Waals surface area contributed by atoms with Gasteiger partial charge in [-0.1, -0.05) is 6.92 Å². The van der Waals surface area contributed by atoms with Crippen LogP contribution in [0.1, 0.15) is 41.0 Å². The first-order chi connectivity index (χ1) is 8.61. The van der Waals surface area contributed by atoms with Crippen molar-refractivity contribution in [2.24, 2.45) is 11.8 Å². The standard InChI is InChI=1S/C15H28N2O2/c1-10-8-17(6)9-11(10)13(18)16-12-7-14(2,3)19-15(12,4)5/h10-12H,7-9H2,1-6H3,(H,16,18). The summed E-state index contributed by atoms with van der Waals surface area (Å²) >= 11 is 0. The molecule has 1 N–H and O–H groups in total. The van der Waals surface area contributed by atoms with Crippen molar-refractivity contribution in [3.05, 3.63) is 0 Å². The lowest BCUT2D eigenvalue weighted by molar-refractivity contribution is -0.128. The summed E-state index contributed by atoms with van der Waals surface area (Å²) in [7, 11) is 2.08. The minimum Gasteiger partial charge on any atom is -0.367 e. The van der Waals surface area contributed by atoms with Crippen LogP contribution >= 0.6 is 0 Å². The predicted octanol–water partition coefficient (Wildman–Crippen LogP) is 1.65. The number of nitrogens with zero attached hydrogens (tertiary/aromatic N) is 1. The highest BCUT2D eigenvalue weighted by Gasteiger charge is 2.47. The molecule has 2 aliphatic heterocycles. The van der Waals surface area contributed by atoms with Crippen molar-refractivity contribution in [1.29, 1.82) is 0 Å². The maximum atomic E-state index is 12.5. The van der Waals surface area contributed by atoms with Gasteiger partial charge in [0.25, 0.3) is 0 Å². The smallest absolute Gasteiger partial charge is 0.225 e. The number of hydrogen-bond donors (Lipinski definition) is 1. The van der Waals surface area contributed by atoms with E-state index >= 15 is 0 Å². The first-order valence-corrected chi connectivity index (χ1v) is 7.30. The van der Waals surface area contributed by atoms with E-state index in [1.54, 1.807) is 0 Å². The fraction of sp³-hybridized carbons (Fsp3) is 0.933. The van der Waals surface area contributed by atoms with Crippen molar-refractivity contribution in [2.45, 2.75) is 58.3 Å². The Kier molecular flexibility index (Phi) is 3.69. The third-order valence-corrected chi connectivity index (χ3v) is 4.52. The Balaban J connectivity index is 2.00. The fourth-order valence-electron chi connectivity index (χ4n) is 3.62. The second kappa shape index (κ2) is 4.74. The molecule has 0 spiro atoms. The lowest BCUT2D eigenvalue weighted by Crippen LogP contribution is -2.49. The third-order valence-electron chi connectivity index (χ3n) is 4.52. The number of ether oxygens (including phenoxy) is 1. The highest BCUT2D eigenvalue weighted by atomic mass is 16.5. The van der Waals surface area contributed by atoms with Crippen molar-refractivity contribution in [2.75, 3.05) is 20.1 Å². The molecule has 0 aromatic rings. The van der Waals surface area contributed by atoms with Crippen LogP contribution in [0, 0.1) is 11.8 Å². The van der Waals surface area contributed by atoms with Crippen molar-refractivity contribution in [3.8, 4) is 0 Å². The molecule has 3 atom stereocenters. The Morgan fingerprint density at radius 2 is 1.89 bits per heavy atom. The number of likely N-dealkylation sites (tertiary alicyclic amines) is 1. The second-order valence-corrected chi connectivity index (χ2v) is 7.54. The van der Waals surface area contributed by atoms with Crippen LogP contribution in [0.3, 0.4) is 0 Å². The van der Waals surface area contributed by atoms with E-state index in [1.807, 2.05) is 0 Å². The van der Waals surface area contributed by atoms with E-state index in [0.29, 0.717) is 5.92 Å². The Labute approximate surface area is 116 Å². The van der Waals surface area contributed by atoms with Crippen LogP contribution in [0.2, 0.25) is 0 Å². The molecule has 110 valence electrons. The second-order valence-electron chi connectivity index (χ2n) is 7.54. The lowest BCUT2D eigenvalue weighted by atomic mass is 9.92. The van der Waals surface area contributed by atoms with Gasteiger partial charge >= 0.3 is 0 Å². The van der Waals surface area contributed by atoms with Crippen LogP contribution in [0.25, 0.3) is 0 Å². The number of nitrogens with one attached hydrogen (secondary N) is 1. The van der Waals surface area contributed by atoms with Gasteiger partial charge in [0.1, 0.15) is 0 Å². The lowest BCUT2D eigenvalue weighted by Gasteiger charge is -2.29. The average molecular weight is 268 g/mol. The maximum absolute atomic E-state index is 12.5. The predicted molar refractivity (Wildman–Crippen MR) is 75.9 cm³/mol. The number of carbonyl (C=O) groups is 1. The molecule has 0 aliphatic carbocycles. The zero-order valence-corrected chi connectivity index (χ0v) is 13.1. The molecule has 0 aromatic carbocycles. The first kappa shape index (κ1) is 14.8. The van der Waals surface area contributed by atoms with E-state index in [1.165, 1.54) is 0 Å². The molecule has 2 saturated heterocycles. The van der Waals surface area contributed by atoms with E-state index in [2.05, 4.69) is 51.9 Å². The molecule has 0 aromatic heterocycles. The largest absolute Gasteiger partial charge is 0.367 e. The molecule has 1 amide bonds. The molecule has 2 heterocycles. The van der Waals surface area contributed by atoms with Crippen LogP contribution in [0.15, 0.2) is 0 Å².